The predicted molar refractivity (Wildman–Crippen MR) is 145 cm³/mol. The molecule has 9 nitrogen and oxygen atoms in total. The van der Waals surface area contributed by atoms with E-state index in [1.54, 1.807) is 13.0 Å². The van der Waals surface area contributed by atoms with Gasteiger partial charge in [0.05, 0.1) is 29.4 Å². The molecule has 0 atom stereocenters. The van der Waals surface area contributed by atoms with Gasteiger partial charge in [0.1, 0.15) is 22.4 Å². The van der Waals surface area contributed by atoms with Crippen LogP contribution in [0, 0.1) is 11.6 Å². The maximum Gasteiger partial charge on any atom is 0.267 e. The molecule has 0 saturated carbocycles. The smallest absolute Gasteiger partial charge is 0.267 e. The van der Waals surface area contributed by atoms with E-state index >= 15 is 0 Å². The maximum absolute atomic E-state index is 14.8. The first-order valence-corrected chi connectivity index (χ1v) is 13.4. The van der Waals surface area contributed by atoms with Gasteiger partial charge in [-0.2, -0.15) is 0 Å². The minimum absolute atomic E-state index is 0.0483. The highest BCUT2D eigenvalue weighted by Crippen LogP contribution is 2.33. The third kappa shape index (κ3) is 4.79. The number of anilines is 2. The number of hydrogen-bond acceptors (Lipinski definition) is 7. The van der Waals surface area contributed by atoms with Crippen LogP contribution in [0.15, 0.2) is 75.8 Å². The Bertz CT molecular complexity index is 1920. The number of rotatable bonds is 6. The van der Waals surface area contributed by atoms with Crippen LogP contribution in [0.5, 0.6) is 5.88 Å². The number of methoxy groups -OCH3 is 1. The molecular formula is C27H22F3N5O4S. The molecule has 0 spiro atoms. The van der Waals surface area contributed by atoms with Crippen molar-refractivity contribution < 1.29 is 26.3 Å². The van der Waals surface area contributed by atoms with E-state index in [1.165, 1.54) is 37.6 Å². The molecule has 0 amide bonds. The monoisotopic (exact) mass is 569 g/mol. The topological polar surface area (TPSA) is 129 Å². The zero-order valence-corrected chi connectivity index (χ0v) is 22.0. The van der Waals surface area contributed by atoms with E-state index in [9.17, 15) is 26.4 Å². The molecule has 0 bridgehead atoms. The normalized spacial score (nSPS) is 13.9. The first-order chi connectivity index (χ1) is 19.0. The molecule has 5 rings (SSSR count). The summed E-state index contributed by atoms with van der Waals surface area (Å²) >= 11 is 0. The number of fused-ring (bicyclic) bond motifs is 1. The second kappa shape index (κ2) is 10.2. The quantitative estimate of drug-likeness (QED) is 0.334. The number of nitrogens with zero attached hydrogens (tertiary/aromatic N) is 3. The van der Waals surface area contributed by atoms with E-state index in [1.807, 2.05) is 0 Å². The zero-order chi connectivity index (χ0) is 28.8. The Morgan fingerprint density at radius 1 is 1.07 bits per heavy atom. The molecule has 0 saturated heterocycles. The summed E-state index contributed by atoms with van der Waals surface area (Å²) < 4.78 is 76.7. The number of nitrogens with one attached hydrogen (secondary N) is 1. The maximum atomic E-state index is 14.8. The van der Waals surface area contributed by atoms with E-state index in [4.69, 9.17) is 10.5 Å². The number of benzene rings is 2. The third-order valence-electron chi connectivity index (χ3n) is 6.40. The lowest BCUT2D eigenvalue weighted by Gasteiger charge is -2.19. The average Bonchev–Trinajstić information content (AvgIpc) is 2.91. The molecule has 206 valence electrons. The van der Waals surface area contributed by atoms with Crippen LogP contribution < -0.4 is 20.8 Å². The van der Waals surface area contributed by atoms with Crippen molar-refractivity contribution in [3.05, 3.63) is 88.1 Å². The van der Waals surface area contributed by atoms with Crippen LogP contribution in [-0.4, -0.2) is 30.1 Å². The summed E-state index contributed by atoms with van der Waals surface area (Å²) in [4.78, 5) is 21.4. The number of pyridine rings is 1. The fraction of sp³-hybridized carbons (Fsp3) is 0.148. The van der Waals surface area contributed by atoms with Gasteiger partial charge in [-0.25, -0.2) is 36.1 Å². The van der Waals surface area contributed by atoms with Gasteiger partial charge >= 0.3 is 0 Å². The van der Waals surface area contributed by atoms with Gasteiger partial charge < -0.3 is 10.5 Å². The molecule has 3 N–H and O–H groups in total. The Labute approximate surface area is 226 Å². The van der Waals surface area contributed by atoms with Gasteiger partial charge in [-0.15, -0.1) is 0 Å². The number of allylic oxidation sites excluding steroid dienone is 4. The molecule has 4 aromatic rings. The molecule has 2 heterocycles. The number of nitrogens with two attached hydrogens (primary N) is 1. The largest absolute Gasteiger partial charge is 0.480 e. The third-order valence-corrected chi connectivity index (χ3v) is 7.76. The molecule has 0 fully saturated rings. The molecule has 0 unspecified atom stereocenters. The molecular weight excluding hydrogens is 547 g/mol. The van der Waals surface area contributed by atoms with Crippen LogP contribution in [0.25, 0.3) is 27.7 Å². The second-order valence-electron chi connectivity index (χ2n) is 9.02. The van der Waals surface area contributed by atoms with Crippen LogP contribution in [0.1, 0.15) is 19.8 Å². The first kappa shape index (κ1) is 26.9. The Morgan fingerprint density at radius 2 is 1.85 bits per heavy atom. The van der Waals surface area contributed by atoms with Gasteiger partial charge in [0, 0.05) is 17.8 Å². The highest BCUT2D eigenvalue weighted by atomic mass is 32.2. The SMILES string of the molecule is COc1ncc(-c2ccc3nc(N)n(C4=C(C)CCC=C4F)c(=O)c3c2)cc1S(=O)(=O)Nc1ccc(F)cc1F. The van der Waals surface area contributed by atoms with Gasteiger partial charge in [-0.05, 0) is 67.3 Å². The van der Waals surface area contributed by atoms with E-state index in [-0.39, 0.29) is 34.0 Å². The Kier molecular flexibility index (Phi) is 6.84. The van der Waals surface area contributed by atoms with Crippen LogP contribution in [-0.2, 0) is 10.0 Å². The highest BCUT2D eigenvalue weighted by Gasteiger charge is 2.25. The fourth-order valence-corrected chi connectivity index (χ4v) is 5.65. The molecule has 0 radical (unpaired) electrons. The van der Waals surface area contributed by atoms with E-state index in [2.05, 4.69) is 14.7 Å². The lowest BCUT2D eigenvalue weighted by molar-refractivity contribution is 0.385. The summed E-state index contributed by atoms with van der Waals surface area (Å²) in [5, 5.41) is 0.108. The van der Waals surface area contributed by atoms with Crippen molar-refractivity contribution in [1.29, 1.82) is 0 Å². The zero-order valence-electron chi connectivity index (χ0n) is 21.2. The van der Waals surface area contributed by atoms with Crippen molar-refractivity contribution in [2.24, 2.45) is 0 Å². The summed E-state index contributed by atoms with van der Waals surface area (Å²) in [7, 11) is -3.25. The molecule has 1 aliphatic rings. The van der Waals surface area contributed by atoms with Crippen molar-refractivity contribution >= 4 is 38.3 Å². The van der Waals surface area contributed by atoms with Gasteiger partial charge in [-0.1, -0.05) is 6.07 Å². The first-order valence-electron chi connectivity index (χ1n) is 11.9. The minimum atomic E-state index is -4.46. The van der Waals surface area contributed by atoms with Crippen molar-refractivity contribution in [3.63, 3.8) is 0 Å². The summed E-state index contributed by atoms with van der Waals surface area (Å²) in [6.07, 6.45) is 3.76. The van der Waals surface area contributed by atoms with Crippen LogP contribution in [0.4, 0.5) is 24.8 Å². The lowest BCUT2D eigenvalue weighted by Crippen LogP contribution is -2.25. The van der Waals surface area contributed by atoms with Crippen molar-refractivity contribution in [2.75, 3.05) is 17.6 Å². The standard InChI is InChI=1S/C27H22F3N5O4S/c1-14-4-3-5-19(29)24(14)35-26(36)18-10-15(6-8-21(18)33-27(35)31)16-11-23(25(39-2)32-13-16)40(37,38)34-22-9-7-17(28)12-20(22)30/h5-13,34H,3-4H2,1-2H3,(H2,31,33). The van der Waals surface area contributed by atoms with E-state index in [0.717, 1.165) is 16.7 Å². The Balaban J connectivity index is 1.62. The van der Waals surface area contributed by atoms with Crippen LogP contribution in [0.3, 0.4) is 0 Å². The number of aromatic nitrogens is 3. The van der Waals surface area contributed by atoms with Gasteiger partial charge in [-0.3, -0.25) is 9.52 Å². The minimum Gasteiger partial charge on any atom is -0.480 e. The van der Waals surface area contributed by atoms with Gasteiger partial charge in [0.25, 0.3) is 15.6 Å². The molecule has 2 aromatic carbocycles. The Hall–Kier alpha value is -4.65. The molecule has 13 heteroatoms. The van der Waals surface area contributed by atoms with Crippen molar-refractivity contribution in [3.8, 4) is 17.0 Å². The predicted octanol–water partition coefficient (Wildman–Crippen LogP) is 5.01. The van der Waals surface area contributed by atoms with Gasteiger partial charge in [0.2, 0.25) is 11.8 Å². The summed E-state index contributed by atoms with van der Waals surface area (Å²) in [6.45, 7) is 1.71. The van der Waals surface area contributed by atoms with Crippen LogP contribution >= 0.6 is 0 Å². The molecule has 1 aliphatic carbocycles. The average molecular weight is 570 g/mol. The molecule has 40 heavy (non-hydrogen) atoms. The molecule has 2 aromatic heterocycles. The van der Waals surface area contributed by atoms with E-state index in [0.29, 0.717) is 30.0 Å². The number of hydrogen-bond donors (Lipinski definition) is 2. The summed E-state index contributed by atoms with van der Waals surface area (Å²) in [5.74, 6) is -3.02. The highest BCUT2D eigenvalue weighted by molar-refractivity contribution is 7.92. The number of nitrogen functional groups attached to an aromatic ring is 1. The number of sulfonamides is 1. The second-order valence-corrected chi connectivity index (χ2v) is 10.7. The van der Waals surface area contributed by atoms with Crippen molar-refractivity contribution in [1.82, 2.24) is 14.5 Å². The van der Waals surface area contributed by atoms with E-state index < -0.39 is 43.6 Å². The van der Waals surface area contributed by atoms with Crippen molar-refractivity contribution in [2.45, 2.75) is 24.7 Å². The lowest BCUT2D eigenvalue weighted by atomic mass is 10.0. The summed E-state index contributed by atoms with van der Waals surface area (Å²) in [5.41, 5.74) is 6.57. The summed E-state index contributed by atoms with van der Waals surface area (Å²) in [6, 6.07) is 8.19. The molecule has 0 aliphatic heterocycles. The Morgan fingerprint density at radius 3 is 2.55 bits per heavy atom. The number of halogens is 3. The van der Waals surface area contributed by atoms with Crippen LogP contribution in [0.2, 0.25) is 0 Å². The fourth-order valence-electron chi connectivity index (χ4n) is 4.44. The van der Waals surface area contributed by atoms with Gasteiger partial charge in [0.15, 0.2) is 0 Å². The number of ether oxygens (including phenoxy) is 1.